The van der Waals surface area contributed by atoms with Crippen molar-refractivity contribution in [2.75, 3.05) is 6.54 Å². The Bertz CT molecular complexity index is 553. The molecule has 2 amide bonds. The molecule has 0 aromatic heterocycles. The highest BCUT2D eigenvalue weighted by Crippen LogP contribution is 2.34. The molecule has 4 nitrogen and oxygen atoms in total. The van der Waals surface area contributed by atoms with E-state index >= 15 is 0 Å². The number of carbonyl (C=O) groups is 2. The molecule has 2 fully saturated rings. The average molecular weight is 332 g/mol. The van der Waals surface area contributed by atoms with Crippen molar-refractivity contribution in [2.24, 2.45) is 0 Å². The van der Waals surface area contributed by atoms with E-state index in [0.29, 0.717) is 19.4 Å². The lowest BCUT2D eigenvalue weighted by Crippen LogP contribution is -2.42. The minimum absolute atomic E-state index is 0.0273. The van der Waals surface area contributed by atoms with Crippen LogP contribution in [0, 0.1) is 0 Å². The van der Waals surface area contributed by atoms with Crippen LogP contribution in [0.2, 0.25) is 0 Å². The summed E-state index contributed by atoms with van der Waals surface area (Å²) in [6.45, 7) is 0.611. The van der Waals surface area contributed by atoms with Gasteiger partial charge >= 0.3 is 0 Å². The van der Waals surface area contributed by atoms with E-state index in [1.807, 2.05) is 11.8 Å². The van der Waals surface area contributed by atoms with Gasteiger partial charge in [0.05, 0.1) is 0 Å². The van der Waals surface area contributed by atoms with Crippen molar-refractivity contribution >= 4 is 23.6 Å². The Morgan fingerprint density at radius 3 is 2.57 bits per heavy atom. The van der Waals surface area contributed by atoms with Crippen molar-refractivity contribution in [2.45, 2.75) is 61.1 Å². The van der Waals surface area contributed by atoms with Crippen molar-refractivity contribution < 1.29 is 9.59 Å². The van der Waals surface area contributed by atoms with Crippen LogP contribution in [0.4, 0.5) is 0 Å². The summed E-state index contributed by atoms with van der Waals surface area (Å²) in [6.07, 6.45) is 7.32. The fourth-order valence-electron chi connectivity index (χ4n) is 3.20. The summed E-state index contributed by atoms with van der Waals surface area (Å²) in [5, 5.41) is 6.39. The van der Waals surface area contributed by atoms with E-state index in [1.54, 1.807) is 0 Å². The zero-order chi connectivity index (χ0) is 16.1. The zero-order valence-electron chi connectivity index (χ0n) is 13.3. The van der Waals surface area contributed by atoms with Crippen molar-refractivity contribution in [3.63, 3.8) is 0 Å². The van der Waals surface area contributed by atoms with Crippen molar-refractivity contribution in [1.29, 1.82) is 0 Å². The van der Waals surface area contributed by atoms with Gasteiger partial charge in [-0.25, -0.2) is 0 Å². The molecule has 1 unspecified atom stereocenters. The summed E-state index contributed by atoms with van der Waals surface area (Å²) in [5.74, 6) is -0.0928. The zero-order valence-corrected chi connectivity index (χ0v) is 14.2. The molecule has 1 aromatic carbocycles. The molecule has 23 heavy (non-hydrogen) atoms. The first-order chi connectivity index (χ1) is 11.2. The minimum Gasteiger partial charge on any atom is -0.354 e. The fraction of sp³-hybridized carbons (Fsp3) is 0.556. The number of hydrogen-bond donors (Lipinski definition) is 2. The number of hydrogen-bond acceptors (Lipinski definition) is 3. The highest BCUT2D eigenvalue weighted by molar-refractivity contribution is 8.00. The predicted octanol–water partition coefficient (Wildman–Crippen LogP) is 2.66. The van der Waals surface area contributed by atoms with Crippen LogP contribution < -0.4 is 10.6 Å². The largest absolute Gasteiger partial charge is 0.354 e. The van der Waals surface area contributed by atoms with Crippen LogP contribution in [0.25, 0.3) is 0 Å². The lowest BCUT2D eigenvalue weighted by atomic mass is 10.1. The summed E-state index contributed by atoms with van der Waals surface area (Å²) < 4.78 is 0. The first kappa shape index (κ1) is 16.4. The van der Waals surface area contributed by atoms with Crippen LogP contribution in [-0.4, -0.2) is 29.7 Å². The monoisotopic (exact) mass is 332 g/mol. The fourth-order valence-corrected chi connectivity index (χ4v) is 4.44. The Kier molecular flexibility index (Phi) is 5.60. The summed E-state index contributed by atoms with van der Waals surface area (Å²) in [4.78, 5) is 24.4. The lowest BCUT2D eigenvalue weighted by Gasteiger charge is -2.11. The summed E-state index contributed by atoms with van der Waals surface area (Å²) in [6, 6.07) is 8.35. The molecule has 1 saturated heterocycles. The molecule has 1 aromatic rings. The molecule has 0 spiro atoms. The third-order valence-electron chi connectivity index (χ3n) is 4.55. The second-order valence-electron chi connectivity index (χ2n) is 6.37. The number of benzene rings is 1. The maximum absolute atomic E-state index is 11.9. The van der Waals surface area contributed by atoms with E-state index in [9.17, 15) is 9.59 Å². The molecule has 0 bridgehead atoms. The second kappa shape index (κ2) is 7.86. The maximum atomic E-state index is 11.9. The van der Waals surface area contributed by atoms with Crippen molar-refractivity contribution in [1.82, 2.24) is 10.6 Å². The number of nitrogens with one attached hydrogen (secondary N) is 2. The maximum Gasteiger partial charge on any atom is 0.242 e. The Labute approximate surface area is 141 Å². The van der Waals surface area contributed by atoms with Crippen LogP contribution >= 0.6 is 11.8 Å². The lowest BCUT2D eigenvalue weighted by molar-refractivity contribution is -0.125. The summed E-state index contributed by atoms with van der Waals surface area (Å²) in [5.41, 5.74) is 1.23. The smallest absolute Gasteiger partial charge is 0.242 e. The first-order valence-electron chi connectivity index (χ1n) is 8.53. The van der Waals surface area contributed by atoms with Crippen LogP contribution in [0.1, 0.15) is 44.1 Å². The summed E-state index contributed by atoms with van der Waals surface area (Å²) in [7, 11) is 0. The Balaban J connectivity index is 1.39. The molecule has 2 aliphatic rings. The second-order valence-corrected chi connectivity index (χ2v) is 7.74. The topological polar surface area (TPSA) is 58.2 Å². The Hall–Kier alpha value is -1.49. The first-order valence-corrected chi connectivity index (χ1v) is 9.41. The molecular weight excluding hydrogens is 308 g/mol. The summed E-state index contributed by atoms with van der Waals surface area (Å²) >= 11 is 2.00. The molecule has 3 rings (SSSR count). The molecule has 1 aliphatic carbocycles. The van der Waals surface area contributed by atoms with Gasteiger partial charge in [-0.3, -0.25) is 9.59 Å². The quantitative estimate of drug-likeness (QED) is 0.842. The van der Waals surface area contributed by atoms with Gasteiger partial charge in [-0.05, 0) is 43.4 Å². The minimum atomic E-state index is -0.340. The van der Waals surface area contributed by atoms with Crippen LogP contribution in [0.15, 0.2) is 29.2 Å². The van der Waals surface area contributed by atoms with Gasteiger partial charge in [-0.2, -0.15) is 0 Å². The Morgan fingerprint density at radius 1 is 1.17 bits per heavy atom. The number of rotatable bonds is 6. The molecule has 124 valence electrons. The van der Waals surface area contributed by atoms with Crippen LogP contribution in [-0.2, 0) is 16.0 Å². The molecule has 1 heterocycles. The molecule has 1 aliphatic heterocycles. The highest BCUT2D eigenvalue weighted by Gasteiger charge is 2.26. The van der Waals surface area contributed by atoms with E-state index in [1.165, 1.54) is 36.1 Å². The molecule has 5 heteroatoms. The number of thioether (sulfide) groups is 1. The molecule has 1 saturated carbocycles. The predicted molar refractivity (Wildman–Crippen MR) is 92.4 cm³/mol. The van der Waals surface area contributed by atoms with Gasteiger partial charge in [-0.1, -0.05) is 25.0 Å². The van der Waals surface area contributed by atoms with Gasteiger partial charge in [0.1, 0.15) is 6.04 Å². The standard InChI is InChI=1S/C18H24N2O2S/c21-17-10-9-16(20-17)18(22)19-12-11-13-5-7-15(8-6-13)23-14-3-1-2-4-14/h5-8,14,16H,1-4,9-12H2,(H,19,22)(H,20,21). The van der Waals surface area contributed by atoms with Crippen molar-refractivity contribution in [3.8, 4) is 0 Å². The van der Waals surface area contributed by atoms with E-state index in [0.717, 1.165) is 11.7 Å². The van der Waals surface area contributed by atoms with Gasteiger partial charge in [0, 0.05) is 23.1 Å². The normalized spacial score (nSPS) is 21.4. The van der Waals surface area contributed by atoms with Gasteiger partial charge < -0.3 is 10.6 Å². The van der Waals surface area contributed by atoms with Crippen molar-refractivity contribution in [3.05, 3.63) is 29.8 Å². The molecule has 2 N–H and O–H groups in total. The number of carbonyl (C=O) groups excluding carboxylic acids is 2. The average Bonchev–Trinajstić information content (AvgIpc) is 3.20. The SMILES string of the molecule is O=C1CCC(C(=O)NCCc2ccc(SC3CCCC3)cc2)N1. The van der Waals surface area contributed by atoms with Crippen LogP contribution in [0.3, 0.4) is 0 Å². The molecular formula is C18H24N2O2S. The van der Waals surface area contributed by atoms with Gasteiger partial charge in [0.2, 0.25) is 11.8 Å². The Morgan fingerprint density at radius 2 is 1.91 bits per heavy atom. The molecule has 1 atom stereocenters. The van der Waals surface area contributed by atoms with Gasteiger partial charge in [0.15, 0.2) is 0 Å². The van der Waals surface area contributed by atoms with E-state index in [-0.39, 0.29) is 17.9 Å². The third-order valence-corrected chi connectivity index (χ3v) is 5.90. The third kappa shape index (κ3) is 4.74. The van der Waals surface area contributed by atoms with Gasteiger partial charge in [0.25, 0.3) is 0 Å². The van der Waals surface area contributed by atoms with E-state index in [4.69, 9.17) is 0 Å². The number of amides is 2. The van der Waals surface area contributed by atoms with Crippen LogP contribution in [0.5, 0.6) is 0 Å². The van der Waals surface area contributed by atoms with Gasteiger partial charge in [-0.15, -0.1) is 11.8 Å². The highest BCUT2D eigenvalue weighted by atomic mass is 32.2. The van der Waals surface area contributed by atoms with E-state index < -0.39 is 0 Å². The molecule has 0 radical (unpaired) electrons. The van der Waals surface area contributed by atoms with E-state index in [2.05, 4.69) is 34.9 Å².